The van der Waals surface area contributed by atoms with Gasteiger partial charge in [0.1, 0.15) is 21.0 Å². The van der Waals surface area contributed by atoms with Crippen molar-refractivity contribution in [1.29, 1.82) is 0 Å². The minimum atomic E-state index is -0.205. The number of anilines is 3. The van der Waals surface area contributed by atoms with E-state index >= 15 is 0 Å². The number of aryl methyl sites for hydroxylation is 1. The van der Waals surface area contributed by atoms with Gasteiger partial charge in [0.25, 0.3) is 0 Å². The van der Waals surface area contributed by atoms with Gasteiger partial charge in [-0.2, -0.15) is 4.98 Å². The summed E-state index contributed by atoms with van der Waals surface area (Å²) >= 11 is 8.56. The van der Waals surface area contributed by atoms with Gasteiger partial charge in [0.05, 0.1) is 0 Å². The molecule has 0 N–H and O–H groups in total. The maximum Gasteiger partial charge on any atom is 0.231 e. The third-order valence-corrected chi connectivity index (χ3v) is 9.52. The molecule has 3 aliphatic heterocycles. The second-order valence-electron chi connectivity index (χ2n) is 11.8. The Morgan fingerprint density at radius 1 is 0.818 bits per heavy atom. The average Bonchev–Trinajstić information content (AvgIpc) is 3.48. The Bertz CT molecular complexity index is 1710. The van der Waals surface area contributed by atoms with Gasteiger partial charge in [-0.3, -0.25) is 4.90 Å². The zero-order chi connectivity index (χ0) is 30.5. The lowest BCUT2D eigenvalue weighted by Gasteiger charge is -2.38. The fraction of sp³-hybridized carbons (Fsp3) is 0.375. The van der Waals surface area contributed by atoms with Crippen LogP contribution in [-0.2, 0) is 6.54 Å². The van der Waals surface area contributed by atoms with Gasteiger partial charge < -0.3 is 24.2 Å². The fourth-order valence-electron chi connectivity index (χ4n) is 5.87. The van der Waals surface area contributed by atoms with Crippen molar-refractivity contribution in [3.05, 3.63) is 75.4 Å². The summed E-state index contributed by atoms with van der Waals surface area (Å²) in [7, 11) is 7.81. The molecule has 0 bridgehead atoms. The molecule has 7 rings (SSSR count). The zero-order valence-corrected chi connectivity index (χ0v) is 27.1. The number of fused-ring (bicyclic) bond motifs is 3. The molecule has 2 aromatic heterocycles. The van der Waals surface area contributed by atoms with E-state index in [0.717, 1.165) is 76.8 Å². The summed E-state index contributed by atoms with van der Waals surface area (Å²) < 4.78 is 11.1. The van der Waals surface area contributed by atoms with E-state index < -0.39 is 0 Å². The van der Waals surface area contributed by atoms with Gasteiger partial charge in [0.2, 0.25) is 18.7 Å². The Hall–Kier alpha value is -3.80. The lowest BCUT2D eigenvalue weighted by molar-refractivity contribution is 0.174. The van der Waals surface area contributed by atoms with E-state index in [4.69, 9.17) is 41.0 Å². The average molecular weight is 631 g/mol. The standard InChI is InChI=1S/C32H35ClN8O2S/c1-19-6-9-21(10-7-19)24-25-27(33)34-31(38(2)3)36-29(25)44-30-26(24)28(35-32(37-30)39(4)5)41-14-12-40(13-15-41)17-20-8-11-22-23(16-20)43-18-42-22/h6-11,16,24H,12-15,17-18H2,1-5H3. The van der Waals surface area contributed by atoms with Crippen molar-refractivity contribution < 1.29 is 9.47 Å². The molecule has 228 valence electrons. The quantitative estimate of drug-likeness (QED) is 0.236. The van der Waals surface area contributed by atoms with Crippen molar-refractivity contribution in [1.82, 2.24) is 24.8 Å². The molecular weight excluding hydrogens is 596 g/mol. The minimum absolute atomic E-state index is 0.205. The molecule has 0 aliphatic carbocycles. The highest BCUT2D eigenvalue weighted by molar-refractivity contribution is 7.99. The smallest absolute Gasteiger partial charge is 0.231 e. The van der Waals surface area contributed by atoms with E-state index in [-0.39, 0.29) is 12.7 Å². The van der Waals surface area contributed by atoms with E-state index in [1.54, 1.807) is 11.8 Å². The van der Waals surface area contributed by atoms with Gasteiger partial charge in [-0.25, -0.2) is 15.0 Å². The van der Waals surface area contributed by atoms with Gasteiger partial charge in [-0.1, -0.05) is 47.5 Å². The Kier molecular flexibility index (Phi) is 7.63. The van der Waals surface area contributed by atoms with E-state index in [1.165, 1.54) is 11.1 Å². The molecule has 1 atom stereocenters. The van der Waals surface area contributed by atoms with Crippen molar-refractivity contribution in [2.24, 2.45) is 0 Å². The van der Waals surface area contributed by atoms with E-state index in [2.05, 4.69) is 53.1 Å². The number of piperazine rings is 1. The van der Waals surface area contributed by atoms with Gasteiger partial charge in [-0.15, -0.1) is 0 Å². The molecular formula is C32H35ClN8O2S. The summed E-state index contributed by atoms with van der Waals surface area (Å²) in [6, 6.07) is 14.8. The fourth-order valence-corrected chi connectivity index (χ4v) is 7.29. The largest absolute Gasteiger partial charge is 0.454 e. The predicted molar refractivity (Wildman–Crippen MR) is 174 cm³/mol. The lowest BCUT2D eigenvalue weighted by atomic mass is 9.86. The van der Waals surface area contributed by atoms with Crippen LogP contribution in [0.5, 0.6) is 11.5 Å². The highest BCUT2D eigenvalue weighted by atomic mass is 35.5. The second-order valence-corrected chi connectivity index (χ2v) is 13.1. The highest BCUT2D eigenvalue weighted by Gasteiger charge is 2.38. The molecule has 1 unspecified atom stereocenters. The molecule has 0 amide bonds. The van der Waals surface area contributed by atoms with E-state index in [1.807, 2.05) is 44.1 Å². The number of hydrogen-bond donors (Lipinski definition) is 0. The number of ether oxygens (including phenoxy) is 2. The summed E-state index contributed by atoms with van der Waals surface area (Å²) in [5.74, 6) is 3.63. The Morgan fingerprint density at radius 2 is 1.48 bits per heavy atom. The van der Waals surface area contributed by atoms with Gasteiger partial charge in [-0.05, 0) is 41.9 Å². The molecule has 4 aromatic rings. The maximum atomic E-state index is 7.01. The minimum Gasteiger partial charge on any atom is -0.454 e. The molecule has 1 saturated heterocycles. The molecule has 0 saturated carbocycles. The van der Waals surface area contributed by atoms with Crippen LogP contribution in [0.2, 0.25) is 5.15 Å². The summed E-state index contributed by atoms with van der Waals surface area (Å²) in [5, 5.41) is 2.19. The topological polar surface area (TPSA) is 83.0 Å². The maximum absolute atomic E-state index is 7.01. The SMILES string of the molecule is Cc1ccc(C2c3c(Cl)nc(N(C)C)nc3Sc3nc(N(C)C)nc(N4CCN(Cc5ccc6c(c5)OCO6)CC4)c32)cc1. The van der Waals surface area contributed by atoms with Crippen LogP contribution in [0.3, 0.4) is 0 Å². The number of nitrogens with zero attached hydrogens (tertiary/aromatic N) is 8. The van der Waals surface area contributed by atoms with E-state index in [0.29, 0.717) is 17.0 Å². The molecule has 3 aliphatic rings. The number of rotatable bonds is 6. The monoisotopic (exact) mass is 630 g/mol. The second kappa shape index (κ2) is 11.6. The first-order chi connectivity index (χ1) is 21.2. The molecule has 0 radical (unpaired) electrons. The molecule has 44 heavy (non-hydrogen) atoms. The third-order valence-electron chi connectivity index (χ3n) is 8.23. The normalized spacial score (nSPS) is 17.3. The van der Waals surface area contributed by atoms with Crippen molar-refractivity contribution in [2.45, 2.75) is 29.4 Å². The van der Waals surface area contributed by atoms with Crippen molar-refractivity contribution in [2.75, 3.05) is 75.9 Å². The Balaban J connectivity index is 1.26. The van der Waals surface area contributed by atoms with Crippen LogP contribution < -0.4 is 24.2 Å². The van der Waals surface area contributed by atoms with Crippen molar-refractivity contribution >= 4 is 41.1 Å². The molecule has 0 spiro atoms. The van der Waals surface area contributed by atoms with Crippen molar-refractivity contribution in [3.63, 3.8) is 0 Å². The zero-order valence-electron chi connectivity index (χ0n) is 25.5. The predicted octanol–water partition coefficient (Wildman–Crippen LogP) is 5.06. The molecule has 12 heteroatoms. The first-order valence-electron chi connectivity index (χ1n) is 14.7. The number of halogens is 1. The first kappa shape index (κ1) is 28.9. The summed E-state index contributed by atoms with van der Waals surface area (Å²) in [5.41, 5.74) is 5.50. The Morgan fingerprint density at radius 3 is 2.18 bits per heavy atom. The van der Waals surface area contributed by atoms with Crippen LogP contribution in [0, 0.1) is 6.92 Å². The van der Waals surface area contributed by atoms with Gasteiger partial charge in [0.15, 0.2) is 11.5 Å². The number of aromatic nitrogens is 4. The summed E-state index contributed by atoms with van der Waals surface area (Å²) in [4.78, 5) is 28.6. The third kappa shape index (κ3) is 5.37. The summed E-state index contributed by atoms with van der Waals surface area (Å²) in [6.45, 7) is 6.72. The number of benzene rings is 2. The van der Waals surface area contributed by atoms with Crippen LogP contribution in [0.1, 0.15) is 33.7 Å². The van der Waals surface area contributed by atoms with Crippen LogP contribution >= 0.6 is 23.4 Å². The van der Waals surface area contributed by atoms with Crippen LogP contribution in [0.15, 0.2) is 52.5 Å². The first-order valence-corrected chi connectivity index (χ1v) is 15.9. The Labute approximate surface area is 267 Å². The summed E-state index contributed by atoms with van der Waals surface area (Å²) in [6.07, 6.45) is 0. The lowest BCUT2D eigenvalue weighted by Crippen LogP contribution is -2.47. The molecule has 2 aromatic carbocycles. The van der Waals surface area contributed by atoms with Crippen molar-refractivity contribution in [3.8, 4) is 11.5 Å². The van der Waals surface area contributed by atoms with Gasteiger partial charge >= 0.3 is 0 Å². The highest BCUT2D eigenvalue weighted by Crippen LogP contribution is 2.52. The van der Waals surface area contributed by atoms with Crippen LogP contribution in [0.4, 0.5) is 17.7 Å². The molecule has 5 heterocycles. The molecule has 10 nitrogen and oxygen atoms in total. The molecule has 1 fully saturated rings. The number of hydrogen-bond acceptors (Lipinski definition) is 11. The van der Waals surface area contributed by atoms with Crippen LogP contribution in [0.25, 0.3) is 0 Å². The van der Waals surface area contributed by atoms with Crippen LogP contribution in [-0.4, -0.2) is 86.0 Å². The van der Waals surface area contributed by atoms with Gasteiger partial charge in [0, 0.05) is 78.0 Å². The van der Waals surface area contributed by atoms with E-state index in [9.17, 15) is 0 Å².